The van der Waals surface area contributed by atoms with Crippen molar-refractivity contribution in [2.24, 2.45) is 5.92 Å². The van der Waals surface area contributed by atoms with E-state index in [4.69, 9.17) is 0 Å². The van der Waals surface area contributed by atoms with Crippen molar-refractivity contribution in [3.63, 3.8) is 0 Å². The highest BCUT2D eigenvalue weighted by Crippen LogP contribution is 2.34. The number of piperidine rings is 1. The highest BCUT2D eigenvalue weighted by molar-refractivity contribution is 5.85. The van der Waals surface area contributed by atoms with E-state index in [1.54, 1.807) is 0 Å². The number of likely N-dealkylation sites (tertiary alicyclic amines) is 2. The number of nitrogens with one attached hydrogen (secondary N) is 1. The Labute approximate surface area is 150 Å². The molecule has 0 radical (unpaired) electrons. The second-order valence-electron chi connectivity index (χ2n) is 7.85. The van der Waals surface area contributed by atoms with Gasteiger partial charge in [0.2, 0.25) is 11.8 Å². The molecule has 5 nitrogen and oxygen atoms in total. The van der Waals surface area contributed by atoms with E-state index in [2.05, 4.69) is 10.2 Å². The fourth-order valence-electron chi connectivity index (χ4n) is 5.18. The molecule has 0 aromatic rings. The maximum Gasteiger partial charge on any atom is 0.239 e. The first-order valence-corrected chi connectivity index (χ1v) is 9.56. The number of hydrogen-bond donors (Lipinski definition) is 1. The standard InChI is InChI=1S/C18H29N3O2.ClH/c22-17-6-3-9-21(17)14-7-10-20(11-8-14)18(23)16-12-13-4-1-2-5-15(13)19-16;/h13-16,19H,1-12H2;1H. The summed E-state index contributed by atoms with van der Waals surface area (Å²) in [5.74, 6) is 1.35. The van der Waals surface area contributed by atoms with Crippen LogP contribution in [0.4, 0.5) is 0 Å². The first kappa shape index (κ1) is 18.0. The zero-order valence-corrected chi connectivity index (χ0v) is 15.2. The molecule has 0 spiro atoms. The molecule has 2 amide bonds. The number of carbonyl (C=O) groups excluding carboxylic acids is 2. The summed E-state index contributed by atoms with van der Waals surface area (Å²) < 4.78 is 0. The van der Waals surface area contributed by atoms with Crippen LogP contribution in [0.3, 0.4) is 0 Å². The van der Waals surface area contributed by atoms with Gasteiger partial charge in [0.1, 0.15) is 0 Å². The Balaban J connectivity index is 0.00000169. The fraction of sp³-hybridized carbons (Fsp3) is 0.889. The number of amides is 2. The number of hydrogen-bond acceptors (Lipinski definition) is 3. The molecule has 4 aliphatic rings. The molecule has 0 bridgehead atoms. The van der Waals surface area contributed by atoms with Crippen LogP contribution in [0, 0.1) is 5.92 Å². The summed E-state index contributed by atoms with van der Waals surface area (Å²) in [6.07, 6.45) is 9.85. The number of rotatable bonds is 2. The average Bonchev–Trinajstić information content (AvgIpc) is 3.20. The summed E-state index contributed by atoms with van der Waals surface area (Å²) in [5.41, 5.74) is 0. The lowest BCUT2D eigenvalue weighted by molar-refractivity contribution is -0.136. The third-order valence-electron chi connectivity index (χ3n) is 6.49. The Morgan fingerprint density at radius 2 is 1.75 bits per heavy atom. The van der Waals surface area contributed by atoms with Crippen molar-refractivity contribution in [3.8, 4) is 0 Å². The fourth-order valence-corrected chi connectivity index (χ4v) is 5.18. The van der Waals surface area contributed by atoms with Crippen LogP contribution in [0.5, 0.6) is 0 Å². The summed E-state index contributed by atoms with van der Waals surface area (Å²) in [5, 5.41) is 3.61. The van der Waals surface area contributed by atoms with Crippen molar-refractivity contribution in [2.45, 2.75) is 75.9 Å². The molecule has 1 saturated carbocycles. The summed E-state index contributed by atoms with van der Waals surface area (Å²) in [6.45, 7) is 2.56. The molecule has 6 heteroatoms. The molecule has 24 heavy (non-hydrogen) atoms. The van der Waals surface area contributed by atoms with Crippen molar-refractivity contribution < 1.29 is 9.59 Å². The normalized spacial score (nSPS) is 34.2. The van der Waals surface area contributed by atoms with Crippen LogP contribution >= 0.6 is 12.4 Å². The second kappa shape index (κ2) is 7.61. The molecular formula is C18H30ClN3O2. The van der Waals surface area contributed by atoms with Crippen LogP contribution < -0.4 is 5.32 Å². The predicted octanol–water partition coefficient (Wildman–Crippen LogP) is 1.94. The lowest BCUT2D eigenvalue weighted by atomic mass is 9.85. The Morgan fingerprint density at radius 1 is 1.00 bits per heavy atom. The quantitative estimate of drug-likeness (QED) is 0.823. The maximum atomic E-state index is 12.8. The van der Waals surface area contributed by atoms with Crippen molar-refractivity contribution in [1.82, 2.24) is 15.1 Å². The van der Waals surface area contributed by atoms with E-state index >= 15 is 0 Å². The Morgan fingerprint density at radius 3 is 2.42 bits per heavy atom. The topological polar surface area (TPSA) is 52.7 Å². The summed E-state index contributed by atoms with van der Waals surface area (Å²) in [7, 11) is 0. The van der Waals surface area contributed by atoms with Gasteiger partial charge >= 0.3 is 0 Å². The zero-order valence-electron chi connectivity index (χ0n) is 14.4. The van der Waals surface area contributed by atoms with Crippen LogP contribution in [-0.2, 0) is 9.59 Å². The molecule has 3 atom stereocenters. The van der Waals surface area contributed by atoms with E-state index in [0.29, 0.717) is 30.3 Å². The van der Waals surface area contributed by atoms with Gasteiger partial charge in [-0.25, -0.2) is 0 Å². The van der Waals surface area contributed by atoms with E-state index in [1.807, 2.05) is 4.90 Å². The molecule has 136 valence electrons. The molecule has 0 aromatic carbocycles. The van der Waals surface area contributed by atoms with E-state index in [9.17, 15) is 9.59 Å². The van der Waals surface area contributed by atoms with Crippen LogP contribution in [0.2, 0.25) is 0 Å². The minimum absolute atomic E-state index is 0. The molecule has 4 fully saturated rings. The highest BCUT2D eigenvalue weighted by atomic mass is 35.5. The Hall–Kier alpha value is -0.810. The van der Waals surface area contributed by atoms with Crippen molar-refractivity contribution >= 4 is 24.2 Å². The van der Waals surface area contributed by atoms with Gasteiger partial charge in [0.15, 0.2) is 0 Å². The molecule has 3 aliphatic heterocycles. The van der Waals surface area contributed by atoms with Crippen LogP contribution in [-0.4, -0.2) is 59.4 Å². The molecule has 4 rings (SSSR count). The van der Waals surface area contributed by atoms with Crippen LogP contribution in [0.25, 0.3) is 0 Å². The predicted molar refractivity (Wildman–Crippen MR) is 95.1 cm³/mol. The third kappa shape index (κ3) is 3.43. The van der Waals surface area contributed by atoms with Gasteiger partial charge in [-0.1, -0.05) is 12.8 Å². The lowest BCUT2D eigenvalue weighted by Crippen LogP contribution is -2.51. The molecule has 1 N–H and O–H groups in total. The van der Waals surface area contributed by atoms with Gasteiger partial charge in [0.05, 0.1) is 6.04 Å². The van der Waals surface area contributed by atoms with Gasteiger partial charge in [-0.05, 0) is 44.4 Å². The summed E-state index contributed by atoms with van der Waals surface area (Å²) in [6, 6.07) is 0.999. The number of nitrogens with zero attached hydrogens (tertiary/aromatic N) is 2. The monoisotopic (exact) mass is 355 g/mol. The Bertz CT molecular complexity index is 465. The summed E-state index contributed by atoms with van der Waals surface area (Å²) in [4.78, 5) is 28.8. The van der Waals surface area contributed by atoms with Crippen LogP contribution in [0.15, 0.2) is 0 Å². The molecular weight excluding hydrogens is 326 g/mol. The minimum atomic E-state index is 0. The smallest absolute Gasteiger partial charge is 0.239 e. The molecule has 3 saturated heterocycles. The van der Waals surface area contributed by atoms with E-state index in [0.717, 1.165) is 51.2 Å². The first-order valence-electron chi connectivity index (χ1n) is 9.56. The largest absolute Gasteiger partial charge is 0.341 e. The average molecular weight is 356 g/mol. The molecule has 3 unspecified atom stereocenters. The second-order valence-corrected chi connectivity index (χ2v) is 7.85. The van der Waals surface area contributed by atoms with Gasteiger partial charge in [-0.3, -0.25) is 9.59 Å². The lowest BCUT2D eigenvalue weighted by Gasteiger charge is -2.37. The summed E-state index contributed by atoms with van der Waals surface area (Å²) >= 11 is 0. The maximum absolute atomic E-state index is 12.8. The zero-order chi connectivity index (χ0) is 15.8. The van der Waals surface area contributed by atoms with Crippen molar-refractivity contribution in [1.29, 1.82) is 0 Å². The molecule has 1 aliphatic carbocycles. The highest BCUT2D eigenvalue weighted by Gasteiger charge is 2.40. The van der Waals surface area contributed by atoms with Gasteiger partial charge in [0.25, 0.3) is 0 Å². The minimum Gasteiger partial charge on any atom is -0.341 e. The van der Waals surface area contributed by atoms with Crippen LogP contribution in [0.1, 0.15) is 57.8 Å². The van der Waals surface area contributed by atoms with E-state index in [1.165, 1.54) is 25.7 Å². The van der Waals surface area contributed by atoms with Gasteiger partial charge in [-0.2, -0.15) is 0 Å². The number of carbonyl (C=O) groups is 2. The van der Waals surface area contributed by atoms with Crippen molar-refractivity contribution in [3.05, 3.63) is 0 Å². The number of fused-ring (bicyclic) bond motifs is 1. The first-order chi connectivity index (χ1) is 11.2. The third-order valence-corrected chi connectivity index (χ3v) is 6.49. The number of halogens is 1. The van der Waals surface area contributed by atoms with Crippen molar-refractivity contribution in [2.75, 3.05) is 19.6 Å². The van der Waals surface area contributed by atoms with E-state index < -0.39 is 0 Å². The van der Waals surface area contributed by atoms with Gasteiger partial charge in [0, 0.05) is 38.1 Å². The van der Waals surface area contributed by atoms with Gasteiger partial charge < -0.3 is 15.1 Å². The Kier molecular flexibility index (Phi) is 5.70. The molecule has 0 aromatic heterocycles. The molecule has 3 heterocycles. The SMILES string of the molecule is Cl.O=C(C1CC2CCCCC2N1)N1CCC(N2CCCC2=O)CC1. The van der Waals surface area contributed by atoms with E-state index in [-0.39, 0.29) is 18.4 Å². The van der Waals surface area contributed by atoms with Gasteiger partial charge in [-0.15, -0.1) is 12.4 Å².